The maximum absolute atomic E-state index is 12.6. The normalized spacial score (nSPS) is 13.1. The molecule has 0 spiro atoms. The minimum atomic E-state index is 0.171. The third-order valence-corrected chi connectivity index (χ3v) is 4.99. The van der Waals surface area contributed by atoms with E-state index in [9.17, 15) is 4.79 Å². The molecule has 0 saturated heterocycles. The van der Waals surface area contributed by atoms with Crippen LogP contribution in [0.4, 0.5) is 0 Å². The molecule has 28 heavy (non-hydrogen) atoms. The predicted octanol–water partition coefficient (Wildman–Crippen LogP) is 3.57. The lowest BCUT2D eigenvalue weighted by Gasteiger charge is -2.27. The minimum Gasteiger partial charge on any atom is -0.489 e. The maximum Gasteiger partial charge on any atom is 0.223 e. The number of rotatable bonds is 6. The average molecular weight is 373 g/mol. The van der Waals surface area contributed by atoms with Crippen molar-refractivity contribution in [2.24, 2.45) is 0 Å². The average Bonchev–Trinajstić information content (AvgIpc) is 2.77. The van der Waals surface area contributed by atoms with E-state index in [-0.39, 0.29) is 5.91 Å². The van der Waals surface area contributed by atoms with E-state index in [0.29, 0.717) is 26.0 Å². The molecule has 0 aliphatic carbocycles. The molecule has 0 unspecified atom stereocenters. The van der Waals surface area contributed by atoms with Crippen LogP contribution in [-0.4, -0.2) is 27.3 Å². The zero-order valence-electron chi connectivity index (χ0n) is 15.8. The van der Waals surface area contributed by atoms with Crippen LogP contribution in [0.1, 0.15) is 28.8 Å². The van der Waals surface area contributed by atoms with E-state index < -0.39 is 0 Å². The summed E-state index contributed by atoms with van der Waals surface area (Å²) in [6, 6.07) is 18.1. The van der Waals surface area contributed by atoms with Gasteiger partial charge in [0, 0.05) is 37.7 Å². The molecule has 1 aromatic heterocycles. The lowest BCUT2D eigenvalue weighted by molar-refractivity contribution is -0.132. The van der Waals surface area contributed by atoms with Gasteiger partial charge in [0.05, 0.1) is 5.69 Å². The van der Waals surface area contributed by atoms with Gasteiger partial charge in [0.2, 0.25) is 5.91 Å². The highest BCUT2D eigenvalue weighted by atomic mass is 16.5. The second-order valence-electron chi connectivity index (χ2n) is 6.98. The molecule has 1 amide bonds. The van der Waals surface area contributed by atoms with Gasteiger partial charge in [0.15, 0.2) is 0 Å². The molecular formula is C23H23N3O2. The van der Waals surface area contributed by atoms with Gasteiger partial charge in [-0.05, 0) is 29.7 Å². The van der Waals surface area contributed by atoms with E-state index in [2.05, 4.69) is 9.97 Å². The van der Waals surface area contributed by atoms with Crippen LogP contribution in [0.15, 0.2) is 67.1 Å². The lowest BCUT2D eigenvalue weighted by atomic mass is 10.1. The van der Waals surface area contributed by atoms with Crippen molar-refractivity contribution in [3.63, 3.8) is 0 Å². The molecule has 4 rings (SSSR count). The Kier molecular flexibility index (Phi) is 5.61. The van der Waals surface area contributed by atoms with E-state index >= 15 is 0 Å². The van der Waals surface area contributed by atoms with Crippen molar-refractivity contribution < 1.29 is 9.53 Å². The smallest absolute Gasteiger partial charge is 0.223 e. The Labute approximate surface area is 165 Å². The molecule has 5 heteroatoms. The summed E-state index contributed by atoms with van der Waals surface area (Å²) in [6.45, 7) is 1.87. The summed E-state index contributed by atoms with van der Waals surface area (Å²) in [5, 5.41) is 0. The van der Waals surface area contributed by atoms with Crippen molar-refractivity contribution in [2.45, 2.75) is 32.4 Å². The summed E-state index contributed by atoms with van der Waals surface area (Å²) in [5.41, 5.74) is 4.36. The first-order valence-corrected chi connectivity index (χ1v) is 9.59. The van der Waals surface area contributed by atoms with Crippen LogP contribution in [0.2, 0.25) is 0 Å². The van der Waals surface area contributed by atoms with Crippen LogP contribution >= 0.6 is 0 Å². The number of aromatic nitrogens is 2. The van der Waals surface area contributed by atoms with E-state index in [1.165, 1.54) is 0 Å². The van der Waals surface area contributed by atoms with E-state index in [4.69, 9.17) is 4.74 Å². The van der Waals surface area contributed by atoms with E-state index in [1.807, 2.05) is 65.7 Å². The van der Waals surface area contributed by atoms with Crippen molar-refractivity contribution >= 4 is 5.91 Å². The Bertz CT molecular complexity index is 943. The fraction of sp³-hybridized carbons (Fsp3) is 0.261. The summed E-state index contributed by atoms with van der Waals surface area (Å²) >= 11 is 0. The molecule has 1 aliphatic rings. The monoisotopic (exact) mass is 373 g/mol. The number of fused-ring (bicyclic) bond motifs is 1. The molecule has 2 aromatic carbocycles. The molecule has 2 heterocycles. The van der Waals surface area contributed by atoms with Gasteiger partial charge < -0.3 is 9.64 Å². The second kappa shape index (κ2) is 8.65. The van der Waals surface area contributed by atoms with Crippen molar-refractivity contribution in [3.8, 4) is 5.75 Å². The highest BCUT2D eigenvalue weighted by Crippen LogP contribution is 2.19. The van der Waals surface area contributed by atoms with Crippen LogP contribution < -0.4 is 4.74 Å². The number of hydrogen-bond acceptors (Lipinski definition) is 4. The predicted molar refractivity (Wildman–Crippen MR) is 107 cm³/mol. The van der Waals surface area contributed by atoms with Crippen LogP contribution in [0, 0.1) is 0 Å². The van der Waals surface area contributed by atoms with Gasteiger partial charge in [0.25, 0.3) is 0 Å². The van der Waals surface area contributed by atoms with Crippen molar-refractivity contribution in [2.75, 3.05) is 6.54 Å². The van der Waals surface area contributed by atoms with E-state index in [1.54, 1.807) is 6.33 Å². The first kappa shape index (κ1) is 18.2. The number of nitrogens with zero attached hydrogens (tertiary/aromatic N) is 3. The largest absolute Gasteiger partial charge is 0.489 e. The van der Waals surface area contributed by atoms with E-state index in [0.717, 1.165) is 41.1 Å². The molecule has 3 aromatic rings. The van der Waals surface area contributed by atoms with Gasteiger partial charge in [-0.15, -0.1) is 0 Å². The van der Waals surface area contributed by atoms with Gasteiger partial charge in [-0.2, -0.15) is 0 Å². The molecule has 1 aliphatic heterocycles. The number of hydrogen-bond donors (Lipinski definition) is 0. The van der Waals surface area contributed by atoms with Crippen molar-refractivity contribution in [1.82, 2.24) is 14.9 Å². The van der Waals surface area contributed by atoms with Gasteiger partial charge >= 0.3 is 0 Å². The number of benzene rings is 2. The second-order valence-corrected chi connectivity index (χ2v) is 6.98. The number of carbonyl (C=O) groups excluding carboxylic acids is 1. The summed E-state index contributed by atoms with van der Waals surface area (Å²) in [7, 11) is 0. The molecule has 0 atom stereocenters. The Balaban J connectivity index is 1.30. The number of aryl methyl sites for hydroxylation is 1. The molecule has 0 fully saturated rings. The number of ether oxygens (including phenoxy) is 1. The third-order valence-electron chi connectivity index (χ3n) is 4.99. The van der Waals surface area contributed by atoms with Gasteiger partial charge in [-0.1, -0.05) is 42.5 Å². The molecule has 0 bridgehead atoms. The van der Waals surface area contributed by atoms with Crippen LogP contribution in [0.5, 0.6) is 5.75 Å². The zero-order chi connectivity index (χ0) is 19.2. The first-order chi connectivity index (χ1) is 13.8. The summed E-state index contributed by atoms with van der Waals surface area (Å²) in [4.78, 5) is 22.9. The molecular weight excluding hydrogens is 350 g/mol. The zero-order valence-corrected chi connectivity index (χ0v) is 15.8. The SMILES string of the molecule is O=C(CCc1cccc(OCc2ccccc2)c1)N1CCc2ncncc2C1. The van der Waals surface area contributed by atoms with Gasteiger partial charge in [-0.3, -0.25) is 4.79 Å². The van der Waals surface area contributed by atoms with Crippen LogP contribution in [-0.2, 0) is 30.8 Å². The molecule has 5 nitrogen and oxygen atoms in total. The Hall–Kier alpha value is -3.21. The Morgan fingerprint density at radius 2 is 1.93 bits per heavy atom. The summed E-state index contributed by atoms with van der Waals surface area (Å²) in [5.74, 6) is 1.00. The minimum absolute atomic E-state index is 0.171. The van der Waals surface area contributed by atoms with Crippen molar-refractivity contribution in [3.05, 3.63) is 89.5 Å². The van der Waals surface area contributed by atoms with Gasteiger partial charge in [-0.25, -0.2) is 9.97 Å². The standard InChI is InChI=1S/C23H23N3O2/c27-23(26-12-11-22-20(15-26)14-24-17-25-22)10-9-18-7-4-8-21(13-18)28-16-19-5-2-1-3-6-19/h1-8,13-14,17H,9-12,15-16H2. The van der Waals surface area contributed by atoms with Gasteiger partial charge in [0.1, 0.15) is 18.7 Å². The quantitative estimate of drug-likeness (QED) is 0.663. The number of carbonyl (C=O) groups is 1. The molecule has 0 radical (unpaired) electrons. The Morgan fingerprint density at radius 1 is 1.07 bits per heavy atom. The molecule has 0 N–H and O–H groups in total. The highest BCUT2D eigenvalue weighted by Gasteiger charge is 2.21. The lowest BCUT2D eigenvalue weighted by Crippen LogP contribution is -2.36. The maximum atomic E-state index is 12.6. The fourth-order valence-corrected chi connectivity index (χ4v) is 3.42. The fourth-order valence-electron chi connectivity index (χ4n) is 3.42. The first-order valence-electron chi connectivity index (χ1n) is 9.59. The van der Waals surface area contributed by atoms with Crippen LogP contribution in [0.3, 0.4) is 0 Å². The Morgan fingerprint density at radius 3 is 2.82 bits per heavy atom. The van der Waals surface area contributed by atoms with Crippen molar-refractivity contribution in [1.29, 1.82) is 0 Å². The third kappa shape index (κ3) is 4.55. The molecule has 0 saturated carbocycles. The number of amides is 1. The topological polar surface area (TPSA) is 55.3 Å². The van der Waals surface area contributed by atoms with Crippen LogP contribution in [0.25, 0.3) is 0 Å². The molecule has 142 valence electrons. The summed E-state index contributed by atoms with van der Waals surface area (Å²) in [6.07, 6.45) is 5.38. The highest BCUT2D eigenvalue weighted by molar-refractivity contribution is 5.76. The summed E-state index contributed by atoms with van der Waals surface area (Å²) < 4.78 is 5.89.